The summed E-state index contributed by atoms with van der Waals surface area (Å²) in [4.78, 5) is 0.302. The fourth-order valence-electron chi connectivity index (χ4n) is 2.90. The molecule has 0 aliphatic carbocycles. The monoisotopic (exact) mass is 456 g/mol. The van der Waals surface area contributed by atoms with Gasteiger partial charge in [-0.05, 0) is 58.7 Å². The Morgan fingerprint density at radius 2 is 1.57 bits per heavy atom. The van der Waals surface area contributed by atoms with Gasteiger partial charge in [0.2, 0.25) is 5.70 Å². The van der Waals surface area contributed by atoms with Crippen LogP contribution in [0.1, 0.15) is 31.9 Å². The summed E-state index contributed by atoms with van der Waals surface area (Å²) >= 11 is 17.7. The van der Waals surface area contributed by atoms with Crippen molar-refractivity contribution in [3.05, 3.63) is 94.2 Å². The van der Waals surface area contributed by atoms with Crippen LogP contribution in [0.2, 0.25) is 10.0 Å². The molecule has 0 aliphatic heterocycles. The molecular weight excluding hydrogens is 435 g/mol. The van der Waals surface area contributed by atoms with Crippen molar-refractivity contribution < 1.29 is 9.67 Å². The van der Waals surface area contributed by atoms with Crippen LogP contribution in [0.4, 0.5) is 5.69 Å². The molecule has 0 radical (unpaired) electrons. The zero-order valence-corrected chi connectivity index (χ0v) is 19.3. The van der Waals surface area contributed by atoms with Crippen molar-refractivity contribution in [2.75, 3.05) is 5.32 Å². The first-order valence-electron chi connectivity index (χ1n) is 9.41. The Labute approximate surface area is 192 Å². The van der Waals surface area contributed by atoms with E-state index >= 15 is 0 Å². The summed E-state index contributed by atoms with van der Waals surface area (Å²) in [5.41, 5.74) is 2.70. The molecule has 6 heteroatoms. The summed E-state index contributed by atoms with van der Waals surface area (Å²) in [7, 11) is 0. The molecule has 0 fully saturated rings. The molecular formula is C24H22Cl2N2OS. The third-order valence-corrected chi connectivity index (χ3v) is 5.36. The third-order valence-electron chi connectivity index (χ3n) is 4.57. The minimum atomic E-state index is -0.225. The molecule has 1 heterocycles. The zero-order chi connectivity index (χ0) is 21.9. The molecule has 3 nitrogen and oxygen atoms in total. The highest BCUT2D eigenvalue weighted by Gasteiger charge is 2.21. The van der Waals surface area contributed by atoms with Gasteiger partial charge in [0, 0.05) is 27.9 Å². The summed E-state index contributed by atoms with van der Waals surface area (Å²) in [6, 6.07) is 18.0. The minimum absolute atomic E-state index is 0.00170. The number of anilines is 1. The van der Waals surface area contributed by atoms with E-state index in [4.69, 9.17) is 35.4 Å². The van der Waals surface area contributed by atoms with E-state index in [1.807, 2.05) is 36.7 Å². The lowest BCUT2D eigenvalue weighted by Crippen LogP contribution is -2.40. The van der Waals surface area contributed by atoms with Crippen molar-refractivity contribution in [1.82, 2.24) is 0 Å². The van der Waals surface area contributed by atoms with Gasteiger partial charge < -0.3 is 10.4 Å². The Morgan fingerprint density at radius 3 is 2.13 bits per heavy atom. The quantitative estimate of drug-likeness (QED) is 0.236. The second-order valence-corrected chi connectivity index (χ2v) is 9.17. The summed E-state index contributed by atoms with van der Waals surface area (Å²) in [5.74, 6) is -0.225. The molecule has 0 amide bonds. The second kappa shape index (κ2) is 9.17. The molecule has 3 aromatic rings. The van der Waals surface area contributed by atoms with Crippen molar-refractivity contribution in [2.45, 2.75) is 26.2 Å². The highest BCUT2D eigenvalue weighted by molar-refractivity contribution is 7.81. The van der Waals surface area contributed by atoms with Gasteiger partial charge in [-0.1, -0.05) is 68.3 Å². The second-order valence-electron chi connectivity index (χ2n) is 7.89. The van der Waals surface area contributed by atoms with E-state index in [1.165, 1.54) is 0 Å². The molecule has 0 spiro atoms. The van der Waals surface area contributed by atoms with Gasteiger partial charge in [0.25, 0.3) is 0 Å². The number of nitrogens with one attached hydrogen (secondary N) is 1. The number of hydrogen-bond donors (Lipinski definition) is 1. The first-order valence-corrected chi connectivity index (χ1v) is 10.6. The Hall–Kier alpha value is -2.40. The van der Waals surface area contributed by atoms with Crippen LogP contribution >= 0.6 is 35.4 Å². The number of benzene rings is 2. The number of hydrogen-bond acceptors (Lipinski definition) is 2. The van der Waals surface area contributed by atoms with E-state index < -0.39 is 0 Å². The highest BCUT2D eigenvalue weighted by Crippen LogP contribution is 2.23. The zero-order valence-electron chi connectivity index (χ0n) is 16.9. The molecule has 154 valence electrons. The summed E-state index contributed by atoms with van der Waals surface area (Å²) in [5, 5.41) is 17.7. The molecule has 30 heavy (non-hydrogen) atoms. The van der Waals surface area contributed by atoms with Crippen LogP contribution in [0.3, 0.4) is 0 Å². The Morgan fingerprint density at radius 1 is 0.933 bits per heavy atom. The fraction of sp³-hybridized carbons (Fsp3) is 0.167. The molecule has 0 unspecified atom stereocenters. The lowest BCUT2D eigenvalue weighted by Gasteiger charge is -2.19. The van der Waals surface area contributed by atoms with Crippen molar-refractivity contribution >= 4 is 57.6 Å². The molecule has 2 aromatic carbocycles. The number of thiocarbonyl (C=S) groups is 1. The smallest absolute Gasteiger partial charge is 0.238 e. The van der Waals surface area contributed by atoms with Crippen LogP contribution in [-0.4, -0.2) is 4.99 Å². The predicted octanol–water partition coefficient (Wildman–Crippen LogP) is 5.70. The molecule has 0 saturated carbocycles. The van der Waals surface area contributed by atoms with E-state index in [-0.39, 0.29) is 11.2 Å². The predicted molar refractivity (Wildman–Crippen MR) is 128 cm³/mol. The molecule has 3 rings (SSSR count). The molecule has 1 aromatic heterocycles. The van der Waals surface area contributed by atoms with E-state index in [0.717, 1.165) is 11.3 Å². The van der Waals surface area contributed by atoms with E-state index in [1.54, 1.807) is 41.0 Å². The number of halogens is 2. The van der Waals surface area contributed by atoms with Crippen molar-refractivity contribution in [1.29, 1.82) is 0 Å². The average Bonchev–Trinajstić information content (AvgIpc) is 2.69. The lowest BCUT2D eigenvalue weighted by atomic mass is 9.88. The van der Waals surface area contributed by atoms with Crippen LogP contribution in [0.5, 0.6) is 0 Å². The van der Waals surface area contributed by atoms with Gasteiger partial charge in [-0.3, -0.25) is 0 Å². The van der Waals surface area contributed by atoms with E-state index in [9.17, 15) is 5.11 Å². The van der Waals surface area contributed by atoms with Gasteiger partial charge in [0.1, 0.15) is 0 Å². The maximum Gasteiger partial charge on any atom is 0.238 e. The third kappa shape index (κ3) is 5.39. The van der Waals surface area contributed by atoms with E-state index in [2.05, 4.69) is 26.1 Å². The molecule has 0 atom stereocenters. The normalized spacial score (nSPS) is 12.3. The van der Waals surface area contributed by atoms with E-state index in [0.29, 0.717) is 26.3 Å². The molecule has 0 bridgehead atoms. The maximum absolute atomic E-state index is 13.4. The van der Waals surface area contributed by atoms with Crippen LogP contribution < -0.4 is 15.0 Å². The van der Waals surface area contributed by atoms with Gasteiger partial charge in [-0.15, -0.1) is 0 Å². The Bertz CT molecular complexity index is 1090. The van der Waals surface area contributed by atoms with Gasteiger partial charge in [0.15, 0.2) is 17.4 Å². The highest BCUT2D eigenvalue weighted by atomic mass is 35.5. The first-order chi connectivity index (χ1) is 14.1. The SMILES string of the molecule is CC(C)(C)c1cc[n+](C(C(=S)Nc2ccc(Cl)cc2)=C([O-])c2cccc(Cl)c2)cc1. The van der Waals surface area contributed by atoms with Crippen molar-refractivity contribution in [3.8, 4) is 0 Å². The van der Waals surface area contributed by atoms with Crippen LogP contribution in [0.15, 0.2) is 73.1 Å². The van der Waals surface area contributed by atoms with Crippen LogP contribution in [-0.2, 0) is 5.41 Å². The standard InChI is InChI=1S/C24H22Cl2N2OS/c1-24(2,3)17-11-13-28(14-12-17)21(22(29)16-5-4-6-19(26)15-16)23(30)27-20-9-7-18(25)8-10-20/h4-15H,1-3H3,(H-,27,29,30). The lowest BCUT2D eigenvalue weighted by molar-refractivity contribution is -0.577. The van der Waals surface area contributed by atoms with Gasteiger partial charge in [0.05, 0.1) is 0 Å². The van der Waals surface area contributed by atoms with Crippen molar-refractivity contribution in [2.24, 2.45) is 0 Å². The average molecular weight is 457 g/mol. The van der Waals surface area contributed by atoms with Crippen molar-refractivity contribution in [3.63, 3.8) is 0 Å². The number of nitrogens with zero attached hydrogens (tertiary/aromatic N) is 1. The Kier molecular flexibility index (Phi) is 6.81. The molecule has 0 saturated heterocycles. The number of pyridine rings is 1. The molecule has 0 aliphatic rings. The molecule has 1 N–H and O–H groups in total. The van der Waals surface area contributed by atoms with Crippen LogP contribution in [0, 0.1) is 0 Å². The maximum atomic E-state index is 13.4. The summed E-state index contributed by atoms with van der Waals surface area (Å²) in [6.07, 6.45) is 3.71. The topological polar surface area (TPSA) is 39.0 Å². The van der Waals surface area contributed by atoms with Crippen LogP contribution in [0.25, 0.3) is 11.5 Å². The minimum Gasteiger partial charge on any atom is -0.867 e. The number of aromatic nitrogens is 1. The number of rotatable bonds is 4. The summed E-state index contributed by atoms with van der Waals surface area (Å²) < 4.78 is 1.74. The fourth-order valence-corrected chi connectivity index (χ4v) is 3.54. The summed E-state index contributed by atoms with van der Waals surface area (Å²) in [6.45, 7) is 6.42. The largest absolute Gasteiger partial charge is 0.867 e. The van der Waals surface area contributed by atoms with Gasteiger partial charge in [-0.2, -0.15) is 4.57 Å². The van der Waals surface area contributed by atoms with Gasteiger partial charge in [-0.25, -0.2) is 0 Å². The Balaban J connectivity index is 2.07. The first kappa shape index (κ1) is 22.3. The van der Waals surface area contributed by atoms with Gasteiger partial charge >= 0.3 is 0 Å².